The molecule has 104 valence electrons. The van der Waals surface area contributed by atoms with Crippen LogP contribution in [0.4, 0.5) is 4.39 Å². The van der Waals surface area contributed by atoms with Crippen LogP contribution < -0.4 is 11.1 Å². The van der Waals surface area contributed by atoms with Crippen LogP contribution in [0.2, 0.25) is 0 Å². The lowest BCUT2D eigenvalue weighted by Gasteiger charge is -2.26. The number of hydrogen-bond donors (Lipinski definition) is 3. The molecule has 1 aromatic rings. The molecule has 1 aliphatic carbocycles. The molecule has 0 aromatic heterocycles. The number of benzene rings is 1. The van der Waals surface area contributed by atoms with E-state index >= 15 is 0 Å². The van der Waals surface area contributed by atoms with Gasteiger partial charge < -0.3 is 16.2 Å². The zero-order valence-electron chi connectivity index (χ0n) is 10.7. The van der Waals surface area contributed by atoms with Crippen molar-refractivity contribution >= 4 is 5.91 Å². The van der Waals surface area contributed by atoms with Crippen LogP contribution in [-0.4, -0.2) is 23.6 Å². The Morgan fingerprint density at radius 1 is 1.37 bits per heavy atom. The highest BCUT2D eigenvalue weighted by Gasteiger charge is 2.20. The van der Waals surface area contributed by atoms with E-state index in [1.807, 2.05) is 0 Å². The molecule has 5 heteroatoms. The van der Waals surface area contributed by atoms with E-state index in [1.54, 1.807) is 0 Å². The second kappa shape index (κ2) is 6.02. The predicted octanol–water partition coefficient (Wildman–Crippen LogP) is 1.78. The Hall–Kier alpha value is -1.62. The molecule has 19 heavy (non-hydrogen) atoms. The highest BCUT2D eigenvalue weighted by molar-refractivity contribution is 5.96. The van der Waals surface area contributed by atoms with E-state index < -0.39 is 11.7 Å². The molecule has 0 atom stereocenters. The fourth-order valence-corrected chi connectivity index (χ4v) is 2.41. The molecule has 0 aliphatic heterocycles. The first kappa shape index (κ1) is 13.8. The Kier molecular flexibility index (Phi) is 4.37. The molecule has 1 saturated carbocycles. The second-order valence-electron chi connectivity index (χ2n) is 5.15. The van der Waals surface area contributed by atoms with Crippen molar-refractivity contribution in [1.29, 1.82) is 0 Å². The van der Waals surface area contributed by atoms with Crippen molar-refractivity contribution in [2.24, 2.45) is 11.7 Å². The summed E-state index contributed by atoms with van der Waals surface area (Å²) in [4.78, 5) is 11.9. The van der Waals surface area contributed by atoms with Crippen LogP contribution in [0.3, 0.4) is 0 Å². The van der Waals surface area contributed by atoms with Crippen LogP contribution in [0.15, 0.2) is 18.2 Å². The first-order valence-corrected chi connectivity index (χ1v) is 6.58. The van der Waals surface area contributed by atoms with Crippen molar-refractivity contribution in [1.82, 2.24) is 5.32 Å². The topological polar surface area (TPSA) is 75.3 Å². The minimum atomic E-state index is -0.536. The number of carbonyl (C=O) groups is 1. The van der Waals surface area contributed by atoms with Crippen molar-refractivity contribution in [2.75, 3.05) is 6.54 Å². The second-order valence-corrected chi connectivity index (χ2v) is 5.15. The van der Waals surface area contributed by atoms with Crippen LogP contribution >= 0.6 is 0 Å². The number of aromatic hydroxyl groups is 1. The van der Waals surface area contributed by atoms with Crippen molar-refractivity contribution in [2.45, 2.75) is 31.7 Å². The molecule has 0 spiro atoms. The first-order chi connectivity index (χ1) is 9.06. The van der Waals surface area contributed by atoms with E-state index in [-0.39, 0.29) is 17.4 Å². The number of phenolic OH excluding ortho intramolecular Hbond substituents is 1. The lowest BCUT2D eigenvalue weighted by Crippen LogP contribution is -2.34. The number of nitrogens with one attached hydrogen (secondary N) is 1. The third-order valence-corrected chi connectivity index (χ3v) is 3.65. The highest BCUT2D eigenvalue weighted by atomic mass is 19.1. The summed E-state index contributed by atoms with van der Waals surface area (Å²) in [7, 11) is 0. The van der Waals surface area contributed by atoms with E-state index in [2.05, 4.69) is 5.32 Å². The van der Waals surface area contributed by atoms with Gasteiger partial charge in [0.2, 0.25) is 0 Å². The van der Waals surface area contributed by atoms with Crippen molar-refractivity contribution in [3.63, 3.8) is 0 Å². The van der Waals surface area contributed by atoms with Crippen molar-refractivity contribution < 1.29 is 14.3 Å². The van der Waals surface area contributed by atoms with Gasteiger partial charge in [0.25, 0.3) is 5.91 Å². The lowest BCUT2D eigenvalue weighted by molar-refractivity contribution is 0.0940. The number of carbonyl (C=O) groups excluding carboxylic acids is 1. The van der Waals surface area contributed by atoms with Gasteiger partial charge in [-0.3, -0.25) is 4.79 Å². The van der Waals surface area contributed by atoms with Gasteiger partial charge in [0.1, 0.15) is 11.6 Å². The molecule has 1 aromatic carbocycles. The molecular formula is C14H19FN2O2. The number of halogens is 1. The van der Waals surface area contributed by atoms with Gasteiger partial charge in [-0.25, -0.2) is 4.39 Å². The zero-order valence-corrected chi connectivity index (χ0v) is 10.7. The van der Waals surface area contributed by atoms with Gasteiger partial charge in [-0.05, 0) is 49.8 Å². The molecule has 4 nitrogen and oxygen atoms in total. The average molecular weight is 266 g/mol. The van der Waals surface area contributed by atoms with Crippen LogP contribution in [0.25, 0.3) is 0 Å². The monoisotopic (exact) mass is 266 g/mol. The van der Waals surface area contributed by atoms with Crippen LogP contribution in [0.5, 0.6) is 5.75 Å². The van der Waals surface area contributed by atoms with Gasteiger partial charge in [-0.15, -0.1) is 0 Å². The van der Waals surface area contributed by atoms with Crippen LogP contribution in [-0.2, 0) is 0 Å². The van der Waals surface area contributed by atoms with Crippen LogP contribution in [0, 0.1) is 11.7 Å². The van der Waals surface area contributed by atoms with Gasteiger partial charge in [-0.1, -0.05) is 0 Å². The summed E-state index contributed by atoms with van der Waals surface area (Å²) in [5.41, 5.74) is 5.80. The number of phenols is 1. The van der Waals surface area contributed by atoms with Gasteiger partial charge in [-0.2, -0.15) is 0 Å². The minimum Gasteiger partial charge on any atom is -0.507 e. The predicted molar refractivity (Wildman–Crippen MR) is 70.3 cm³/mol. The standard InChI is InChI=1S/C14H19FN2O2/c15-10-3-6-13(18)12(7-10)14(19)17-8-9-1-4-11(16)5-2-9/h3,6-7,9,11,18H,1-2,4-5,8,16H2,(H,17,19). The minimum absolute atomic E-state index is 0.0208. The van der Waals surface area contributed by atoms with Crippen molar-refractivity contribution in [3.05, 3.63) is 29.6 Å². The quantitative estimate of drug-likeness (QED) is 0.780. The zero-order chi connectivity index (χ0) is 13.8. The van der Waals surface area contributed by atoms with E-state index in [1.165, 1.54) is 6.07 Å². The summed E-state index contributed by atoms with van der Waals surface area (Å²) in [5, 5.41) is 12.3. The van der Waals surface area contributed by atoms with E-state index in [0.29, 0.717) is 12.5 Å². The molecule has 0 unspecified atom stereocenters. The molecule has 1 aliphatic rings. The Morgan fingerprint density at radius 3 is 2.74 bits per heavy atom. The summed E-state index contributed by atoms with van der Waals surface area (Å²) in [5.74, 6) is -0.762. The Balaban J connectivity index is 1.89. The van der Waals surface area contributed by atoms with Crippen molar-refractivity contribution in [3.8, 4) is 5.75 Å². The van der Waals surface area contributed by atoms with Crippen LogP contribution in [0.1, 0.15) is 36.0 Å². The number of amides is 1. The maximum Gasteiger partial charge on any atom is 0.255 e. The number of rotatable bonds is 3. The molecule has 1 fully saturated rings. The molecule has 0 radical (unpaired) electrons. The Bertz CT molecular complexity index is 457. The fraction of sp³-hybridized carbons (Fsp3) is 0.500. The maximum atomic E-state index is 13.0. The summed E-state index contributed by atoms with van der Waals surface area (Å²) in [6.45, 7) is 0.543. The maximum absolute atomic E-state index is 13.0. The summed E-state index contributed by atoms with van der Waals surface area (Å²) in [6, 6.07) is 3.62. The van der Waals surface area contributed by atoms with Gasteiger partial charge >= 0.3 is 0 Å². The summed E-state index contributed by atoms with van der Waals surface area (Å²) in [6.07, 6.45) is 3.95. The largest absolute Gasteiger partial charge is 0.507 e. The smallest absolute Gasteiger partial charge is 0.255 e. The van der Waals surface area contributed by atoms with Gasteiger partial charge in [0.15, 0.2) is 0 Å². The van der Waals surface area contributed by atoms with E-state index in [4.69, 9.17) is 5.73 Å². The van der Waals surface area contributed by atoms with E-state index in [9.17, 15) is 14.3 Å². The normalized spacial score (nSPS) is 23.1. The molecular weight excluding hydrogens is 247 g/mol. The van der Waals surface area contributed by atoms with Gasteiger partial charge in [0.05, 0.1) is 5.56 Å². The molecule has 0 saturated heterocycles. The fourth-order valence-electron chi connectivity index (χ4n) is 2.41. The average Bonchev–Trinajstić information content (AvgIpc) is 2.40. The molecule has 0 bridgehead atoms. The third-order valence-electron chi connectivity index (χ3n) is 3.65. The lowest BCUT2D eigenvalue weighted by atomic mass is 9.86. The van der Waals surface area contributed by atoms with Gasteiger partial charge in [0, 0.05) is 12.6 Å². The molecule has 2 rings (SSSR count). The molecule has 1 amide bonds. The first-order valence-electron chi connectivity index (χ1n) is 6.58. The molecule has 0 heterocycles. The van der Waals surface area contributed by atoms with E-state index in [0.717, 1.165) is 37.8 Å². The summed E-state index contributed by atoms with van der Waals surface area (Å²) >= 11 is 0. The SMILES string of the molecule is NC1CCC(CNC(=O)c2cc(F)ccc2O)CC1. The molecule has 4 N–H and O–H groups in total. The Labute approximate surface area is 111 Å². The highest BCUT2D eigenvalue weighted by Crippen LogP contribution is 2.23. The summed E-state index contributed by atoms with van der Waals surface area (Å²) < 4.78 is 13.0. The number of hydrogen-bond acceptors (Lipinski definition) is 3. The number of nitrogens with two attached hydrogens (primary N) is 1. The Morgan fingerprint density at radius 2 is 2.05 bits per heavy atom. The third kappa shape index (κ3) is 3.67.